The number of nitrogens with two attached hydrogens (primary N) is 1. The number of nitrogens with zero attached hydrogens (tertiary/aromatic N) is 1. The molecular weight excluding hydrogens is 276 g/mol. The number of fused-ring (bicyclic) bond motifs is 3. The van der Waals surface area contributed by atoms with E-state index in [0.29, 0.717) is 6.04 Å². The van der Waals surface area contributed by atoms with Crippen molar-refractivity contribution in [3.8, 4) is 0 Å². The number of hydrogen-bond acceptors (Lipinski definition) is 3. The average molecular weight is 313 g/mol. The SMILES string of the molecule is CCCCCCC(C)SCCC1CN2CC[C@H]1C[C@H]2CN. The van der Waals surface area contributed by atoms with E-state index in [1.54, 1.807) is 0 Å². The van der Waals surface area contributed by atoms with Gasteiger partial charge in [-0.2, -0.15) is 11.8 Å². The van der Waals surface area contributed by atoms with E-state index in [1.807, 2.05) is 0 Å². The van der Waals surface area contributed by atoms with E-state index < -0.39 is 0 Å². The van der Waals surface area contributed by atoms with Crippen LogP contribution < -0.4 is 5.73 Å². The Morgan fingerprint density at radius 1 is 1.29 bits per heavy atom. The largest absolute Gasteiger partial charge is 0.329 e. The minimum atomic E-state index is 0.699. The maximum absolute atomic E-state index is 5.90. The Hall–Kier alpha value is 0.270. The molecule has 0 aromatic carbocycles. The predicted molar refractivity (Wildman–Crippen MR) is 95.9 cm³/mol. The monoisotopic (exact) mass is 312 g/mol. The molecule has 5 atom stereocenters. The van der Waals surface area contributed by atoms with Gasteiger partial charge in [-0.05, 0) is 49.8 Å². The van der Waals surface area contributed by atoms with E-state index >= 15 is 0 Å². The Bertz CT molecular complexity index is 284. The van der Waals surface area contributed by atoms with Crippen molar-refractivity contribution in [1.82, 2.24) is 4.90 Å². The summed E-state index contributed by atoms with van der Waals surface area (Å²) < 4.78 is 0. The topological polar surface area (TPSA) is 29.3 Å². The van der Waals surface area contributed by atoms with Gasteiger partial charge in [0.15, 0.2) is 0 Å². The van der Waals surface area contributed by atoms with Crippen molar-refractivity contribution < 1.29 is 0 Å². The van der Waals surface area contributed by atoms with Crippen LogP contribution in [0.3, 0.4) is 0 Å². The van der Waals surface area contributed by atoms with Gasteiger partial charge < -0.3 is 5.73 Å². The molecule has 0 radical (unpaired) electrons. The molecule has 124 valence electrons. The van der Waals surface area contributed by atoms with Gasteiger partial charge in [-0.1, -0.05) is 39.5 Å². The van der Waals surface area contributed by atoms with Crippen LogP contribution in [-0.4, -0.2) is 41.6 Å². The van der Waals surface area contributed by atoms with E-state index in [0.717, 1.165) is 23.6 Å². The number of rotatable bonds is 10. The summed E-state index contributed by atoms with van der Waals surface area (Å²) in [7, 11) is 0. The lowest BCUT2D eigenvalue weighted by Crippen LogP contribution is -2.55. The van der Waals surface area contributed by atoms with E-state index in [1.165, 1.54) is 70.2 Å². The maximum atomic E-state index is 5.90. The van der Waals surface area contributed by atoms with Crippen molar-refractivity contribution in [3.63, 3.8) is 0 Å². The zero-order valence-electron chi connectivity index (χ0n) is 14.2. The summed E-state index contributed by atoms with van der Waals surface area (Å²) in [5.74, 6) is 3.31. The quantitative estimate of drug-likeness (QED) is 0.615. The van der Waals surface area contributed by atoms with Crippen molar-refractivity contribution in [2.45, 2.75) is 76.5 Å². The molecule has 3 fully saturated rings. The summed E-state index contributed by atoms with van der Waals surface area (Å²) >= 11 is 2.22. The Kier molecular flexibility index (Phi) is 7.90. The molecule has 0 amide bonds. The highest BCUT2D eigenvalue weighted by molar-refractivity contribution is 7.99. The van der Waals surface area contributed by atoms with E-state index in [2.05, 4.69) is 30.5 Å². The molecule has 0 aromatic rings. The second kappa shape index (κ2) is 9.42. The highest BCUT2D eigenvalue weighted by Crippen LogP contribution is 2.38. The molecule has 0 saturated carbocycles. The molecule has 0 spiro atoms. The van der Waals surface area contributed by atoms with Crippen molar-refractivity contribution in [1.29, 1.82) is 0 Å². The standard InChI is InChI=1S/C18H36N2S/c1-3-4-5-6-7-15(2)21-11-9-17-14-20-10-8-16(17)12-18(20)13-19/h15-18H,3-14,19H2,1-2H3/t15?,16-,17?,18-/m0/s1. The first kappa shape index (κ1) is 17.6. The zero-order chi connectivity index (χ0) is 15.1. The molecule has 3 aliphatic rings. The molecule has 3 heteroatoms. The van der Waals surface area contributed by atoms with Gasteiger partial charge in [0.05, 0.1) is 0 Å². The Balaban J connectivity index is 1.57. The summed E-state index contributed by atoms with van der Waals surface area (Å²) in [6.45, 7) is 8.23. The predicted octanol–water partition coefficient (Wildman–Crippen LogP) is 4.14. The smallest absolute Gasteiger partial charge is 0.0221 e. The molecule has 2 N–H and O–H groups in total. The number of hydrogen-bond donors (Lipinski definition) is 1. The molecule has 3 saturated heterocycles. The summed E-state index contributed by atoms with van der Waals surface area (Å²) in [5, 5.41) is 0.861. The molecule has 21 heavy (non-hydrogen) atoms. The minimum Gasteiger partial charge on any atom is -0.329 e. The van der Waals surface area contributed by atoms with E-state index in [4.69, 9.17) is 5.73 Å². The number of thioether (sulfide) groups is 1. The normalized spacial score (nSPS) is 33.3. The molecule has 0 aromatic heterocycles. The van der Waals surface area contributed by atoms with Crippen LogP contribution in [-0.2, 0) is 0 Å². The Morgan fingerprint density at radius 2 is 2.14 bits per heavy atom. The first-order valence-electron chi connectivity index (χ1n) is 9.30. The zero-order valence-corrected chi connectivity index (χ0v) is 15.0. The van der Waals surface area contributed by atoms with Crippen molar-refractivity contribution in [2.24, 2.45) is 17.6 Å². The first-order chi connectivity index (χ1) is 10.2. The lowest BCUT2D eigenvalue weighted by Gasteiger charge is -2.49. The van der Waals surface area contributed by atoms with E-state index in [-0.39, 0.29) is 0 Å². The summed E-state index contributed by atoms with van der Waals surface area (Å²) in [6, 6.07) is 0.699. The van der Waals surface area contributed by atoms with Gasteiger partial charge in [-0.3, -0.25) is 4.90 Å². The van der Waals surface area contributed by atoms with Gasteiger partial charge in [0, 0.05) is 24.4 Å². The maximum Gasteiger partial charge on any atom is 0.0221 e. The van der Waals surface area contributed by atoms with Gasteiger partial charge in [0.25, 0.3) is 0 Å². The van der Waals surface area contributed by atoms with Crippen LogP contribution in [0.2, 0.25) is 0 Å². The summed E-state index contributed by atoms with van der Waals surface area (Å²) in [5.41, 5.74) is 5.90. The molecular formula is C18H36N2S. The van der Waals surface area contributed by atoms with Gasteiger partial charge >= 0.3 is 0 Å². The average Bonchev–Trinajstić information content (AvgIpc) is 2.52. The van der Waals surface area contributed by atoms with Gasteiger partial charge in [0.1, 0.15) is 0 Å². The minimum absolute atomic E-state index is 0.699. The highest BCUT2D eigenvalue weighted by atomic mass is 32.2. The molecule has 2 nitrogen and oxygen atoms in total. The third-order valence-electron chi connectivity index (χ3n) is 5.64. The second-order valence-corrected chi connectivity index (χ2v) is 8.79. The van der Waals surface area contributed by atoms with Crippen molar-refractivity contribution >= 4 is 11.8 Å². The molecule has 3 rings (SSSR count). The fourth-order valence-electron chi connectivity index (χ4n) is 4.18. The summed E-state index contributed by atoms with van der Waals surface area (Å²) in [6.07, 6.45) is 11.3. The van der Waals surface area contributed by atoms with E-state index in [9.17, 15) is 0 Å². The van der Waals surface area contributed by atoms with Crippen LogP contribution in [0, 0.1) is 11.8 Å². The Labute approximate surface area is 136 Å². The van der Waals surface area contributed by atoms with Crippen LogP contribution in [0.15, 0.2) is 0 Å². The van der Waals surface area contributed by atoms with Crippen LogP contribution in [0.25, 0.3) is 0 Å². The first-order valence-corrected chi connectivity index (χ1v) is 10.3. The second-order valence-electron chi connectivity index (χ2n) is 7.25. The number of piperidine rings is 3. The molecule has 3 aliphatic heterocycles. The Morgan fingerprint density at radius 3 is 2.81 bits per heavy atom. The van der Waals surface area contributed by atoms with Gasteiger partial charge in [-0.15, -0.1) is 0 Å². The number of unbranched alkanes of at least 4 members (excludes halogenated alkanes) is 3. The van der Waals surface area contributed by atoms with Crippen LogP contribution in [0.5, 0.6) is 0 Å². The van der Waals surface area contributed by atoms with Crippen molar-refractivity contribution in [3.05, 3.63) is 0 Å². The molecule has 2 bridgehead atoms. The molecule has 3 unspecified atom stereocenters. The highest BCUT2D eigenvalue weighted by Gasteiger charge is 2.38. The third kappa shape index (κ3) is 5.44. The molecule has 3 heterocycles. The van der Waals surface area contributed by atoms with Crippen LogP contribution >= 0.6 is 11.8 Å². The lowest BCUT2D eigenvalue weighted by molar-refractivity contribution is 0.00415. The molecule has 0 aliphatic carbocycles. The fraction of sp³-hybridized carbons (Fsp3) is 1.00. The van der Waals surface area contributed by atoms with Crippen LogP contribution in [0.1, 0.15) is 65.2 Å². The third-order valence-corrected chi connectivity index (χ3v) is 6.92. The van der Waals surface area contributed by atoms with Crippen molar-refractivity contribution in [2.75, 3.05) is 25.4 Å². The fourth-order valence-corrected chi connectivity index (χ4v) is 5.36. The summed E-state index contributed by atoms with van der Waals surface area (Å²) in [4.78, 5) is 2.67. The lowest BCUT2D eigenvalue weighted by atomic mass is 9.74. The van der Waals surface area contributed by atoms with Gasteiger partial charge in [-0.25, -0.2) is 0 Å². The van der Waals surface area contributed by atoms with Gasteiger partial charge in [0.2, 0.25) is 0 Å². The van der Waals surface area contributed by atoms with Crippen LogP contribution in [0.4, 0.5) is 0 Å².